The van der Waals surface area contributed by atoms with Crippen LogP contribution in [-0.2, 0) is 38.1 Å². The molecule has 0 atom stereocenters. The standard InChI is InChI=1S/C5H10O8S2/c6-14(7)5-15(8,9)13-4-11-2-1-10-3-12-14/h1-5H2. The first-order chi connectivity index (χ1) is 6.91. The van der Waals surface area contributed by atoms with Gasteiger partial charge in [0.1, 0.15) is 0 Å². The smallest absolute Gasteiger partial charge is 0.286 e. The van der Waals surface area contributed by atoms with Gasteiger partial charge in [0.25, 0.3) is 20.2 Å². The third-order valence-electron chi connectivity index (χ3n) is 1.28. The summed E-state index contributed by atoms with van der Waals surface area (Å²) in [6.07, 6.45) is 0. The van der Waals surface area contributed by atoms with E-state index in [9.17, 15) is 16.8 Å². The predicted octanol–water partition coefficient (Wildman–Crippen LogP) is -1.40. The maximum atomic E-state index is 11.0. The molecule has 1 saturated heterocycles. The van der Waals surface area contributed by atoms with Crippen LogP contribution in [0.3, 0.4) is 0 Å². The minimum atomic E-state index is -4.20. The molecule has 0 radical (unpaired) electrons. The highest BCUT2D eigenvalue weighted by Gasteiger charge is 2.24. The summed E-state index contributed by atoms with van der Waals surface area (Å²) in [5.74, 6) is 0. The van der Waals surface area contributed by atoms with Crippen LogP contribution in [0.5, 0.6) is 0 Å². The maximum Gasteiger partial charge on any atom is 0.286 e. The maximum absolute atomic E-state index is 11.0. The van der Waals surface area contributed by atoms with Gasteiger partial charge < -0.3 is 9.47 Å². The summed E-state index contributed by atoms with van der Waals surface area (Å²) in [6, 6.07) is 0. The second-order valence-electron chi connectivity index (χ2n) is 2.52. The Morgan fingerprint density at radius 2 is 1.13 bits per heavy atom. The molecule has 10 heteroatoms. The highest BCUT2D eigenvalue weighted by molar-refractivity contribution is 8.03. The van der Waals surface area contributed by atoms with Crippen molar-refractivity contribution in [2.24, 2.45) is 0 Å². The van der Waals surface area contributed by atoms with Gasteiger partial charge >= 0.3 is 0 Å². The van der Waals surface area contributed by atoms with Crippen LogP contribution in [0.4, 0.5) is 0 Å². The minimum absolute atomic E-state index is 0.0823. The lowest BCUT2D eigenvalue weighted by atomic mass is 10.8. The SMILES string of the molecule is O=S1(=O)CS(=O)(=O)OCOCCOCO1. The van der Waals surface area contributed by atoms with E-state index < -0.39 is 38.9 Å². The van der Waals surface area contributed by atoms with Gasteiger partial charge in [-0.15, -0.1) is 0 Å². The average Bonchev–Trinajstić information content (AvgIpc) is 2.08. The van der Waals surface area contributed by atoms with E-state index >= 15 is 0 Å². The van der Waals surface area contributed by atoms with Crippen molar-refractivity contribution in [3.63, 3.8) is 0 Å². The van der Waals surface area contributed by atoms with Crippen molar-refractivity contribution >= 4 is 20.2 Å². The Kier molecular flexibility index (Phi) is 4.43. The van der Waals surface area contributed by atoms with E-state index in [1.54, 1.807) is 0 Å². The van der Waals surface area contributed by atoms with E-state index in [2.05, 4.69) is 8.37 Å². The lowest BCUT2D eigenvalue weighted by molar-refractivity contribution is -0.0406. The topological polar surface area (TPSA) is 105 Å². The molecule has 0 unspecified atom stereocenters. The number of hydrogen-bond acceptors (Lipinski definition) is 8. The normalized spacial score (nSPS) is 27.7. The van der Waals surface area contributed by atoms with Crippen LogP contribution < -0.4 is 0 Å². The van der Waals surface area contributed by atoms with Crippen LogP contribution in [0.2, 0.25) is 0 Å². The molecule has 0 aliphatic carbocycles. The molecule has 1 rings (SSSR count). The van der Waals surface area contributed by atoms with E-state index in [1.165, 1.54) is 0 Å². The molecule has 0 spiro atoms. The molecule has 90 valence electrons. The zero-order valence-corrected chi connectivity index (χ0v) is 9.25. The Hall–Kier alpha value is -0.260. The first-order valence-electron chi connectivity index (χ1n) is 3.81. The molecule has 0 aromatic heterocycles. The molecule has 0 aromatic carbocycles. The van der Waals surface area contributed by atoms with Gasteiger partial charge in [0.05, 0.1) is 13.2 Å². The van der Waals surface area contributed by atoms with Crippen molar-refractivity contribution in [1.82, 2.24) is 0 Å². The molecule has 0 N–H and O–H groups in total. The fourth-order valence-corrected chi connectivity index (χ4v) is 3.08. The van der Waals surface area contributed by atoms with Gasteiger partial charge in [0.15, 0.2) is 13.6 Å². The van der Waals surface area contributed by atoms with Gasteiger partial charge in [-0.05, 0) is 0 Å². The number of hydrogen-bond donors (Lipinski definition) is 0. The van der Waals surface area contributed by atoms with Crippen molar-refractivity contribution in [3.05, 3.63) is 0 Å². The molecule has 1 heterocycles. The van der Waals surface area contributed by atoms with Crippen molar-refractivity contribution in [1.29, 1.82) is 0 Å². The molecule has 1 fully saturated rings. The fraction of sp³-hybridized carbons (Fsp3) is 1.00. The van der Waals surface area contributed by atoms with E-state index in [0.717, 1.165) is 0 Å². The van der Waals surface area contributed by atoms with Gasteiger partial charge in [0, 0.05) is 0 Å². The Bertz CT molecular complexity index is 343. The molecular weight excluding hydrogens is 252 g/mol. The van der Waals surface area contributed by atoms with Crippen LogP contribution in [0.15, 0.2) is 0 Å². The first-order valence-corrected chi connectivity index (χ1v) is 6.96. The Morgan fingerprint density at radius 1 is 0.733 bits per heavy atom. The summed E-state index contributed by atoms with van der Waals surface area (Å²) in [7, 11) is -8.40. The molecule has 0 bridgehead atoms. The average molecular weight is 262 g/mol. The summed E-state index contributed by atoms with van der Waals surface area (Å²) >= 11 is 0. The van der Waals surface area contributed by atoms with Crippen LogP contribution in [0.1, 0.15) is 0 Å². The van der Waals surface area contributed by atoms with Crippen molar-refractivity contribution in [3.8, 4) is 0 Å². The van der Waals surface area contributed by atoms with E-state index in [0.29, 0.717) is 0 Å². The molecule has 1 aliphatic rings. The fourth-order valence-electron chi connectivity index (χ4n) is 0.695. The van der Waals surface area contributed by atoms with Crippen molar-refractivity contribution < 1.29 is 34.7 Å². The molecule has 0 saturated carbocycles. The van der Waals surface area contributed by atoms with Gasteiger partial charge in [-0.3, -0.25) is 0 Å². The van der Waals surface area contributed by atoms with E-state index in [4.69, 9.17) is 9.47 Å². The summed E-state index contributed by atoms with van der Waals surface area (Å²) in [5.41, 5.74) is 0. The third-order valence-corrected chi connectivity index (χ3v) is 4.50. The van der Waals surface area contributed by atoms with Crippen LogP contribution in [0.25, 0.3) is 0 Å². The second kappa shape index (κ2) is 5.18. The minimum Gasteiger partial charge on any atom is -0.352 e. The Balaban J connectivity index is 2.72. The van der Waals surface area contributed by atoms with Gasteiger partial charge in [0.2, 0.25) is 5.08 Å². The van der Waals surface area contributed by atoms with Crippen LogP contribution in [0, 0.1) is 0 Å². The monoisotopic (exact) mass is 262 g/mol. The lowest BCUT2D eigenvalue weighted by Crippen LogP contribution is -2.21. The first kappa shape index (κ1) is 12.8. The zero-order chi connectivity index (χ0) is 11.4. The molecule has 0 amide bonds. The second-order valence-corrected chi connectivity index (χ2v) is 6.17. The summed E-state index contributed by atoms with van der Waals surface area (Å²) in [6.45, 7) is -0.916. The number of ether oxygens (including phenoxy) is 2. The Morgan fingerprint density at radius 3 is 1.53 bits per heavy atom. The Labute approximate surface area is 87.3 Å². The van der Waals surface area contributed by atoms with E-state index in [-0.39, 0.29) is 13.2 Å². The zero-order valence-electron chi connectivity index (χ0n) is 7.62. The summed E-state index contributed by atoms with van der Waals surface area (Å²) in [4.78, 5) is 0. The predicted molar refractivity (Wildman–Crippen MR) is 46.5 cm³/mol. The quantitative estimate of drug-likeness (QED) is 0.491. The molecule has 1 aliphatic heterocycles. The van der Waals surface area contributed by atoms with Crippen LogP contribution >= 0.6 is 0 Å². The van der Waals surface area contributed by atoms with Gasteiger partial charge in [-0.2, -0.15) is 16.8 Å². The van der Waals surface area contributed by atoms with Crippen LogP contribution in [-0.4, -0.2) is 48.7 Å². The van der Waals surface area contributed by atoms with E-state index in [1.807, 2.05) is 0 Å². The summed E-state index contributed by atoms with van der Waals surface area (Å²) in [5, 5.41) is -1.26. The highest BCUT2D eigenvalue weighted by atomic mass is 32.3. The number of rotatable bonds is 0. The molecule has 8 nitrogen and oxygen atoms in total. The lowest BCUT2D eigenvalue weighted by Gasteiger charge is -2.04. The van der Waals surface area contributed by atoms with Gasteiger partial charge in [-0.1, -0.05) is 0 Å². The third kappa shape index (κ3) is 5.39. The summed E-state index contributed by atoms with van der Waals surface area (Å²) < 4.78 is 61.9. The van der Waals surface area contributed by atoms with Gasteiger partial charge in [-0.25, -0.2) is 8.37 Å². The molecular formula is C5H10O8S2. The highest BCUT2D eigenvalue weighted by Crippen LogP contribution is 2.04. The van der Waals surface area contributed by atoms with Crippen molar-refractivity contribution in [2.75, 3.05) is 31.9 Å². The van der Waals surface area contributed by atoms with Crippen molar-refractivity contribution in [2.45, 2.75) is 0 Å². The molecule has 0 aromatic rings. The molecule has 15 heavy (non-hydrogen) atoms. The largest absolute Gasteiger partial charge is 0.352 e.